The number of aliphatic hydroxyl groups excluding tert-OH is 1. The molecule has 0 heterocycles. The number of methoxy groups -OCH3 is 2. The van der Waals surface area contributed by atoms with Crippen LogP contribution in [0, 0.1) is 5.82 Å². The maximum atomic E-state index is 13.6. The first-order valence-corrected chi connectivity index (χ1v) is 4.86. The van der Waals surface area contributed by atoms with E-state index in [0.29, 0.717) is 11.5 Å². The van der Waals surface area contributed by atoms with E-state index in [-0.39, 0.29) is 5.56 Å². The highest BCUT2D eigenvalue weighted by Crippen LogP contribution is 2.32. The van der Waals surface area contributed by atoms with Gasteiger partial charge in [-0.3, -0.25) is 0 Å². The zero-order chi connectivity index (χ0) is 12.3. The average molecular weight is 229 g/mol. The van der Waals surface area contributed by atoms with Gasteiger partial charge in [0.15, 0.2) is 11.5 Å². The molecule has 1 rings (SSSR count). The van der Waals surface area contributed by atoms with Gasteiger partial charge in [-0.25, -0.2) is 4.39 Å². The Morgan fingerprint density at radius 3 is 2.19 bits per heavy atom. The summed E-state index contributed by atoms with van der Waals surface area (Å²) in [5.41, 5.74) is 5.87. The number of rotatable bonds is 4. The van der Waals surface area contributed by atoms with Gasteiger partial charge in [0.2, 0.25) is 0 Å². The highest BCUT2D eigenvalue weighted by atomic mass is 19.1. The molecule has 1 aromatic carbocycles. The van der Waals surface area contributed by atoms with Crippen molar-refractivity contribution >= 4 is 0 Å². The summed E-state index contributed by atoms with van der Waals surface area (Å²) >= 11 is 0. The normalized spacial score (nSPS) is 14.4. The van der Waals surface area contributed by atoms with E-state index in [0.717, 1.165) is 0 Å². The van der Waals surface area contributed by atoms with Crippen LogP contribution in [0.5, 0.6) is 11.5 Å². The molecule has 0 unspecified atom stereocenters. The summed E-state index contributed by atoms with van der Waals surface area (Å²) in [6.45, 7) is 1.50. The topological polar surface area (TPSA) is 64.7 Å². The molecule has 3 N–H and O–H groups in total. The zero-order valence-electron chi connectivity index (χ0n) is 9.53. The minimum absolute atomic E-state index is 0.202. The highest BCUT2D eigenvalue weighted by molar-refractivity contribution is 5.44. The number of hydrogen-bond donors (Lipinski definition) is 2. The van der Waals surface area contributed by atoms with Crippen LogP contribution >= 0.6 is 0 Å². The van der Waals surface area contributed by atoms with Crippen molar-refractivity contribution in [2.45, 2.75) is 19.1 Å². The second-order valence-electron chi connectivity index (χ2n) is 3.50. The Labute approximate surface area is 93.8 Å². The quantitative estimate of drug-likeness (QED) is 0.814. The molecule has 0 saturated carbocycles. The van der Waals surface area contributed by atoms with Crippen LogP contribution in [0.25, 0.3) is 0 Å². The third kappa shape index (κ3) is 2.43. The second-order valence-corrected chi connectivity index (χ2v) is 3.50. The summed E-state index contributed by atoms with van der Waals surface area (Å²) in [7, 11) is 2.87. The summed E-state index contributed by atoms with van der Waals surface area (Å²) in [5.74, 6) is 0.155. The van der Waals surface area contributed by atoms with Gasteiger partial charge in [-0.2, -0.15) is 0 Å². The van der Waals surface area contributed by atoms with Crippen molar-refractivity contribution in [2.75, 3.05) is 14.2 Å². The molecule has 0 aromatic heterocycles. The lowest BCUT2D eigenvalue weighted by Gasteiger charge is -2.18. The molecule has 0 spiro atoms. The van der Waals surface area contributed by atoms with Crippen LogP contribution in [0.1, 0.15) is 18.5 Å². The van der Waals surface area contributed by atoms with Crippen molar-refractivity contribution in [1.29, 1.82) is 0 Å². The van der Waals surface area contributed by atoms with E-state index in [9.17, 15) is 9.50 Å². The lowest BCUT2D eigenvalue weighted by Crippen LogP contribution is -2.24. The van der Waals surface area contributed by atoms with Gasteiger partial charge >= 0.3 is 0 Å². The van der Waals surface area contributed by atoms with Crippen molar-refractivity contribution in [2.24, 2.45) is 5.73 Å². The summed E-state index contributed by atoms with van der Waals surface area (Å²) in [4.78, 5) is 0. The number of ether oxygens (including phenoxy) is 2. The zero-order valence-corrected chi connectivity index (χ0v) is 9.53. The molecule has 0 radical (unpaired) electrons. The monoisotopic (exact) mass is 229 g/mol. The predicted molar refractivity (Wildman–Crippen MR) is 58.1 cm³/mol. The maximum Gasteiger partial charge on any atom is 0.163 e. The van der Waals surface area contributed by atoms with Crippen LogP contribution in [-0.2, 0) is 0 Å². The molecule has 0 aliphatic rings. The third-order valence-corrected chi connectivity index (χ3v) is 2.38. The molecular weight excluding hydrogens is 213 g/mol. The molecule has 16 heavy (non-hydrogen) atoms. The summed E-state index contributed by atoms with van der Waals surface area (Å²) in [5, 5.41) is 9.33. The van der Waals surface area contributed by atoms with Crippen molar-refractivity contribution in [3.05, 3.63) is 23.5 Å². The molecule has 0 aliphatic carbocycles. The van der Waals surface area contributed by atoms with Crippen molar-refractivity contribution < 1.29 is 19.0 Å². The Bertz CT molecular complexity index is 368. The molecule has 5 heteroatoms. The third-order valence-electron chi connectivity index (χ3n) is 2.38. The number of hydrogen-bond acceptors (Lipinski definition) is 4. The van der Waals surface area contributed by atoms with E-state index in [2.05, 4.69) is 0 Å². The van der Waals surface area contributed by atoms with Gasteiger partial charge in [-0.1, -0.05) is 0 Å². The van der Waals surface area contributed by atoms with Crippen molar-refractivity contribution in [1.82, 2.24) is 0 Å². The molecule has 0 aliphatic heterocycles. The molecule has 2 atom stereocenters. The first-order valence-electron chi connectivity index (χ1n) is 4.86. The Hall–Kier alpha value is -1.33. The maximum absolute atomic E-state index is 13.6. The lowest BCUT2D eigenvalue weighted by atomic mass is 10.0. The Morgan fingerprint density at radius 1 is 1.25 bits per heavy atom. The molecule has 0 amide bonds. The number of benzene rings is 1. The largest absolute Gasteiger partial charge is 0.493 e. The van der Waals surface area contributed by atoms with Crippen LogP contribution in [0.2, 0.25) is 0 Å². The van der Waals surface area contributed by atoms with Crippen LogP contribution in [0.4, 0.5) is 4.39 Å². The van der Waals surface area contributed by atoms with E-state index < -0.39 is 18.0 Å². The minimum Gasteiger partial charge on any atom is -0.493 e. The Kier molecular flexibility index (Phi) is 4.09. The summed E-state index contributed by atoms with van der Waals surface area (Å²) in [6, 6.07) is 1.84. The average Bonchev–Trinajstić information content (AvgIpc) is 2.27. The van der Waals surface area contributed by atoms with E-state index in [4.69, 9.17) is 15.2 Å². The SMILES string of the molecule is COc1cc(F)c([C@H](N)[C@@H](C)O)cc1OC. The molecule has 0 fully saturated rings. The Morgan fingerprint density at radius 2 is 1.75 bits per heavy atom. The van der Waals surface area contributed by atoms with E-state index in [1.807, 2.05) is 0 Å². The van der Waals surface area contributed by atoms with Gasteiger partial charge < -0.3 is 20.3 Å². The predicted octanol–water partition coefficient (Wildman–Crippen LogP) is 1.22. The lowest BCUT2D eigenvalue weighted by molar-refractivity contribution is 0.162. The number of aliphatic hydroxyl groups is 1. The van der Waals surface area contributed by atoms with Crippen LogP contribution in [0.15, 0.2) is 12.1 Å². The molecule has 0 bridgehead atoms. The minimum atomic E-state index is -0.840. The Balaban J connectivity index is 3.21. The number of nitrogens with two attached hydrogens (primary N) is 1. The van der Waals surface area contributed by atoms with Crippen LogP contribution in [-0.4, -0.2) is 25.4 Å². The first-order chi connectivity index (χ1) is 7.51. The van der Waals surface area contributed by atoms with Gasteiger partial charge in [0.25, 0.3) is 0 Å². The van der Waals surface area contributed by atoms with Gasteiger partial charge in [0.1, 0.15) is 5.82 Å². The van der Waals surface area contributed by atoms with Crippen molar-refractivity contribution in [3.8, 4) is 11.5 Å². The fourth-order valence-electron chi connectivity index (χ4n) is 1.39. The molecule has 1 aromatic rings. The molecule has 0 saturated heterocycles. The smallest absolute Gasteiger partial charge is 0.163 e. The first kappa shape index (κ1) is 12.7. The summed E-state index contributed by atoms with van der Waals surface area (Å²) < 4.78 is 23.6. The van der Waals surface area contributed by atoms with E-state index in [1.165, 1.54) is 33.3 Å². The van der Waals surface area contributed by atoms with E-state index >= 15 is 0 Å². The fraction of sp³-hybridized carbons (Fsp3) is 0.455. The van der Waals surface area contributed by atoms with Gasteiger partial charge in [0, 0.05) is 11.6 Å². The molecule has 90 valence electrons. The van der Waals surface area contributed by atoms with Crippen molar-refractivity contribution in [3.63, 3.8) is 0 Å². The van der Waals surface area contributed by atoms with Gasteiger partial charge in [0.05, 0.1) is 26.4 Å². The van der Waals surface area contributed by atoms with Crippen LogP contribution in [0.3, 0.4) is 0 Å². The molecule has 4 nitrogen and oxygen atoms in total. The molecular formula is C11H16FNO3. The standard InChI is InChI=1S/C11H16FNO3/c1-6(14)11(13)7-4-9(15-2)10(16-3)5-8(7)12/h4-6,11,14H,13H2,1-3H3/t6-,11-/m1/s1. The fourth-order valence-corrected chi connectivity index (χ4v) is 1.39. The second kappa shape index (κ2) is 5.14. The summed E-state index contributed by atoms with van der Waals surface area (Å²) in [6.07, 6.45) is -0.840. The van der Waals surface area contributed by atoms with Gasteiger partial charge in [-0.15, -0.1) is 0 Å². The van der Waals surface area contributed by atoms with Gasteiger partial charge in [-0.05, 0) is 13.0 Å². The number of halogens is 1. The van der Waals surface area contributed by atoms with E-state index in [1.54, 1.807) is 0 Å². The van der Waals surface area contributed by atoms with Crippen LogP contribution < -0.4 is 15.2 Å². The highest BCUT2D eigenvalue weighted by Gasteiger charge is 2.19.